The molecule has 0 aliphatic heterocycles. The van der Waals surface area contributed by atoms with E-state index in [0.717, 1.165) is 12.8 Å². The molecule has 0 rings (SSSR count). The van der Waals surface area contributed by atoms with Crippen LogP contribution in [0.2, 0.25) is 0 Å². The van der Waals surface area contributed by atoms with E-state index in [4.69, 9.17) is 5.14 Å². The van der Waals surface area contributed by atoms with E-state index >= 15 is 0 Å². The average Bonchev–Trinajstić information content (AvgIpc) is 1.85. The fourth-order valence-electron chi connectivity index (χ4n) is 0.851. The second-order valence-corrected chi connectivity index (χ2v) is 3.87. The standard InChI is InChI=1S/C6H15N2O2S/c1-3-5-8(6-4-2)11(7,9)10/h7H,3-6H2,1-2H3. The molecule has 5 heteroatoms. The van der Waals surface area contributed by atoms with E-state index in [2.05, 4.69) is 0 Å². The number of nitrogens with one attached hydrogen (secondary N) is 1. The van der Waals surface area contributed by atoms with Crippen LogP contribution in [0.3, 0.4) is 0 Å². The molecule has 0 unspecified atom stereocenters. The lowest BCUT2D eigenvalue weighted by Crippen LogP contribution is -2.32. The molecule has 1 N–H and O–H groups in total. The quantitative estimate of drug-likeness (QED) is 0.621. The molecule has 0 aliphatic rings. The fourth-order valence-corrected chi connectivity index (χ4v) is 1.70. The van der Waals surface area contributed by atoms with Gasteiger partial charge in [-0.05, 0) is 12.8 Å². The Morgan fingerprint density at radius 1 is 1.18 bits per heavy atom. The zero-order valence-electron chi connectivity index (χ0n) is 7.00. The lowest BCUT2D eigenvalue weighted by atomic mass is 10.4. The minimum absolute atomic E-state index is 0.458. The van der Waals surface area contributed by atoms with Crippen molar-refractivity contribution in [3.05, 3.63) is 0 Å². The van der Waals surface area contributed by atoms with Gasteiger partial charge in [0.2, 0.25) is 0 Å². The summed E-state index contributed by atoms with van der Waals surface area (Å²) in [6.07, 6.45) is 1.52. The van der Waals surface area contributed by atoms with Gasteiger partial charge in [0.25, 0.3) is 10.2 Å². The van der Waals surface area contributed by atoms with Crippen LogP contribution in [0.1, 0.15) is 26.7 Å². The first-order chi connectivity index (χ1) is 5.02. The van der Waals surface area contributed by atoms with Crippen LogP contribution in [0.25, 0.3) is 0 Å². The first-order valence-corrected chi connectivity index (χ1v) is 5.21. The highest BCUT2D eigenvalue weighted by Crippen LogP contribution is 1.98. The first kappa shape index (κ1) is 10.9. The fraction of sp³-hybridized carbons (Fsp3) is 1.00. The first-order valence-electron chi connectivity index (χ1n) is 3.77. The van der Waals surface area contributed by atoms with Gasteiger partial charge in [-0.15, -0.1) is 5.14 Å². The molecule has 0 aliphatic carbocycles. The molecule has 0 bridgehead atoms. The van der Waals surface area contributed by atoms with Gasteiger partial charge in [-0.2, -0.15) is 12.7 Å². The molecule has 0 aromatic carbocycles. The molecule has 67 valence electrons. The van der Waals surface area contributed by atoms with Crippen LogP contribution >= 0.6 is 0 Å². The van der Waals surface area contributed by atoms with Gasteiger partial charge < -0.3 is 0 Å². The molecule has 0 aromatic heterocycles. The molecule has 0 amide bonds. The summed E-state index contributed by atoms with van der Waals surface area (Å²) in [5, 5.41) is 6.79. The predicted octanol–water partition coefficient (Wildman–Crippen LogP) is 0.636. The Balaban J connectivity index is 4.11. The topological polar surface area (TPSA) is 61.2 Å². The van der Waals surface area contributed by atoms with Crippen LogP contribution in [0, 0.1) is 0 Å². The van der Waals surface area contributed by atoms with Gasteiger partial charge in [0.1, 0.15) is 0 Å². The van der Waals surface area contributed by atoms with Gasteiger partial charge in [0, 0.05) is 13.1 Å². The lowest BCUT2D eigenvalue weighted by molar-refractivity contribution is 0.409. The summed E-state index contributed by atoms with van der Waals surface area (Å²) in [6, 6.07) is 0. The Morgan fingerprint density at radius 3 is 1.73 bits per heavy atom. The van der Waals surface area contributed by atoms with Crippen LogP contribution in [-0.2, 0) is 10.2 Å². The Hall–Kier alpha value is -0.130. The number of hydrogen-bond donors (Lipinski definition) is 0. The monoisotopic (exact) mass is 179 g/mol. The van der Waals surface area contributed by atoms with Crippen molar-refractivity contribution in [1.82, 2.24) is 9.44 Å². The van der Waals surface area contributed by atoms with Gasteiger partial charge in [-0.25, -0.2) is 0 Å². The Labute approximate surface area is 68.6 Å². The van der Waals surface area contributed by atoms with Crippen LogP contribution in [-0.4, -0.2) is 25.8 Å². The molecule has 0 heterocycles. The van der Waals surface area contributed by atoms with Gasteiger partial charge in [0.05, 0.1) is 0 Å². The van der Waals surface area contributed by atoms with Crippen molar-refractivity contribution in [3.63, 3.8) is 0 Å². The zero-order valence-corrected chi connectivity index (χ0v) is 7.82. The Kier molecular flexibility index (Phi) is 4.63. The maximum atomic E-state index is 10.7. The molecule has 0 spiro atoms. The summed E-state index contributed by atoms with van der Waals surface area (Å²) < 4.78 is 22.6. The van der Waals surface area contributed by atoms with E-state index in [1.54, 1.807) is 0 Å². The highest BCUT2D eigenvalue weighted by Gasteiger charge is 2.14. The summed E-state index contributed by atoms with van der Waals surface area (Å²) >= 11 is 0. The second-order valence-electron chi connectivity index (χ2n) is 2.40. The van der Waals surface area contributed by atoms with Crippen molar-refractivity contribution >= 4 is 10.2 Å². The summed E-state index contributed by atoms with van der Waals surface area (Å²) in [7, 11) is -3.71. The molecule has 4 nitrogen and oxygen atoms in total. The third kappa shape index (κ3) is 4.34. The van der Waals surface area contributed by atoms with Gasteiger partial charge >= 0.3 is 0 Å². The summed E-state index contributed by atoms with van der Waals surface area (Å²) in [6.45, 7) is 4.71. The minimum atomic E-state index is -3.71. The van der Waals surface area contributed by atoms with E-state index in [-0.39, 0.29) is 0 Å². The molecule has 0 atom stereocenters. The molecule has 11 heavy (non-hydrogen) atoms. The maximum absolute atomic E-state index is 10.7. The second kappa shape index (κ2) is 4.69. The van der Waals surface area contributed by atoms with Crippen molar-refractivity contribution in [2.24, 2.45) is 0 Å². The van der Waals surface area contributed by atoms with Gasteiger partial charge in [-0.1, -0.05) is 13.8 Å². The van der Waals surface area contributed by atoms with Gasteiger partial charge in [-0.3, -0.25) is 0 Å². The lowest BCUT2D eigenvalue weighted by Gasteiger charge is -2.16. The summed E-state index contributed by atoms with van der Waals surface area (Å²) in [5.74, 6) is 0. The smallest absolute Gasteiger partial charge is 0.194 e. The molecular formula is C6H15N2O2S. The number of rotatable bonds is 5. The normalized spacial score (nSPS) is 12.4. The predicted molar refractivity (Wildman–Crippen MR) is 44.2 cm³/mol. The maximum Gasteiger partial charge on any atom is 0.293 e. The summed E-state index contributed by atoms with van der Waals surface area (Å²) in [5.41, 5.74) is 0. The Bertz CT molecular complexity index is 183. The summed E-state index contributed by atoms with van der Waals surface area (Å²) in [4.78, 5) is 0. The molecule has 0 saturated heterocycles. The van der Waals surface area contributed by atoms with Crippen LogP contribution in [0.4, 0.5) is 0 Å². The molecule has 0 fully saturated rings. The Morgan fingerprint density at radius 2 is 1.55 bits per heavy atom. The van der Waals surface area contributed by atoms with Crippen molar-refractivity contribution in [3.8, 4) is 0 Å². The van der Waals surface area contributed by atoms with Crippen molar-refractivity contribution in [1.29, 1.82) is 0 Å². The molecule has 0 aromatic rings. The van der Waals surface area contributed by atoms with Crippen LogP contribution < -0.4 is 5.14 Å². The van der Waals surface area contributed by atoms with Crippen LogP contribution in [0.5, 0.6) is 0 Å². The number of hydrogen-bond acceptors (Lipinski definition) is 2. The third-order valence-corrected chi connectivity index (χ3v) is 2.33. The number of nitrogens with zero attached hydrogens (tertiary/aromatic N) is 1. The van der Waals surface area contributed by atoms with Gasteiger partial charge in [0.15, 0.2) is 0 Å². The van der Waals surface area contributed by atoms with Crippen molar-refractivity contribution in [2.45, 2.75) is 26.7 Å². The SMILES string of the molecule is CCCN(CCC)S([NH])(=O)=O. The van der Waals surface area contributed by atoms with E-state index in [9.17, 15) is 8.42 Å². The minimum Gasteiger partial charge on any atom is -0.194 e. The largest absolute Gasteiger partial charge is 0.293 e. The van der Waals surface area contributed by atoms with Crippen molar-refractivity contribution in [2.75, 3.05) is 13.1 Å². The van der Waals surface area contributed by atoms with E-state index in [0.29, 0.717) is 13.1 Å². The molecular weight excluding hydrogens is 164 g/mol. The highest BCUT2D eigenvalue weighted by molar-refractivity contribution is 7.86. The zero-order chi connectivity index (χ0) is 8.91. The van der Waals surface area contributed by atoms with E-state index in [1.165, 1.54) is 4.31 Å². The third-order valence-electron chi connectivity index (χ3n) is 1.29. The van der Waals surface area contributed by atoms with E-state index < -0.39 is 10.2 Å². The molecule has 0 saturated carbocycles. The highest BCUT2D eigenvalue weighted by atomic mass is 32.2. The average molecular weight is 179 g/mol. The molecule has 1 radical (unpaired) electrons. The van der Waals surface area contributed by atoms with E-state index in [1.807, 2.05) is 13.8 Å². The van der Waals surface area contributed by atoms with Crippen molar-refractivity contribution < 1.29 is 8.42 Å². The van der Waals surface area contributed by atoms with Crippen LogP contribution in [0.15, 0.2) is 0 Å².